The molecule has 0 aliphatic carbocycles. The van der Waals surface area contributed by atoms with Gasteiger partial charge in [0.1, 0.15) is 18.1 Å². The van der Waals surface area contributed by atoms with Crippen molar-refractivity contribution < 1.29 is 19.0 Å². The van der Waals surface area contributed by atoms with Crippen LogP contribution in [0.3, 0.4) is 0 Å². The minimum atomic E-state index is -1.03. The van der Waals surface area contributed by atoms with E-state index in [1.165, 1.54) is 7.11 Å². The molecule has 0 radical (unpaired) electrons. The molecule has 7 heteroatoms. The Bertz CT molecular complexity index is 421. The van der Waals surface area contributed by atoms with Gasteiger partial charge in [-0.15, -0.1) is 4.91 Å². The zero-order valence-corrected chi connectivity index (χ0v) is 9.77. The monoisotopic (exact) mass is 259 g/mol. The zero-order valence-electron chi connectivity index (χ0n) is 9.01. The normalized spacial score (nSPS) is 21.8. The van der Waals surface area contributed by atoms with E-state index in [1.807, 2.05) is 0 Å². The third-order valence-corrected chi connectivity index (χ3v) is 2.56. The summed E-state index contributed by atoms with van der Waals surface area (Å²) >= 11 is 5.86. The molecule has 92 valence electrons. The highest BCUT2D eigenvalue weighted by Gasteiger charge is 2.50. The van der Waals surface area contributed by atoms with Crippen LogP contribution < -0.4 is 9.47 Å². The van der Waals surface area contributed by atoms with Crippen molar-refractivity contribution in [2.24, 2.45) is 5.34 Å². The van der Waals surface area contributed by atoms with Gasteiger partial charge in [-0.2, -0.15) is 0 Å². The molecule has 1 atom stereocenters. The molecule has 1 aliphatic rings. The number of ether oxygens (including phenoxy) is 3. The van der Waals surface area contributed by atoms with E-state index in [-0.39, 0.29) is 13.2 Å². The molecule has 6 nitrogen and oxygen atoms in total. The van der Waals surface area contributed by atoms with Crippen LogP contribution in [0.4, 0.5) is 0 Å². The van der Waals surface area contributed by atoms with Crippen LogP contribution in [0.2, 0.25) is 5.02 Å². The number of epoxide rings is 1. The predicted octanol–water partition coefficient (Wildman–Crippen LogP) is 2.15. The molecule has 0 unspecified atom stereocenters. The SMILES string of the molecule is COc1cc(OC[C@@]2(ON=O)CO2)ccc1Cl. The van der Waals surface area contributed by atoms with Gasteiger partial charge in [0.05, 0.1) is 12.1 Å². The quantitative estimate of drug-likeness (QED) is 0.445. The van der Waals surface area contributed by atoms with Gasteiger partial charge >= 0.3 is 0 Å². The Morgan fingerprint density at radius 2 is 2.35 bits per heavy atom. The summed E-state index contributed by atoms with van der Waals surface area (Å²) in [6.07, 6.45) is 0. The van der Waals surface area contributed by atoms with Gasteiger partial charge in [0.25, 0.3) is 5.79 Å². The molecule has 1 heterocycles. The van der Waals surface area contributed by atoms with Crippen molar-refractivity contribution in [2.75, 3.05) is 20.3 Å². The van der Waals surface area contributed by atoms with E-state index in [2.05, 4.69) is 10.2 Å². The van der Waals surface area contributed by atoms with E-state index in [1.54, 1.807) is 18.2 Å². The van der Waals surface area contributed by atoms with Gasteiger partial charge in [0, 0.05) is 6.07 Å². The highest BCUT2D eigenvalue weighted by atomic mass is 35.5. The van der Waals surface area contributed by atoms with Crippen LogP contribution in [0.25, 0.3) is 0 Å². The lowest BCUT2D eigenvalue weighted by molar-refractivity contribution is -0.0698. The van der Waals surface area contributed by atoms with E-state index < -0.39 is 5.79 Å². The number of hydrogen-bond donors (Lipinski definition) is 0. The highest BCUT2D eigenvalue weighted by Crippen LogP contribution is 2.32. The molecule has 0 N–H and O–H groups in total. The van der Waals surface area contributed by atoms with Gasteiger partial charge in [0.15, 0.2) is 11.9 Å². The van der Waals surface area contributed by atoms with Gasteiger partial charge in [0.2, 0.25) is 0 Å². The van der Waals surface area contributed by atoms with Crippen molar-refractivity contribution in [3.05, 3.63) is 28.1 Å². The van der Waals surface area contributed by atoms with Gasteiger partial charge in [-0.05, 0) is 12.1 Å². The van der Waals surface area contributed by atoms with Crippen LogP contribution in [0, 0.1) is 4.91 Å². The molecule has 1 saturated heterocycles. The number of benzene rings is 1. The maximum Gasteiger partial charge on any atom is 0.298 e. The number of halogens is 1. The summed E-state index contributed by atoms with van der Waals surface area (Å²) in [6.45, 7) is 0.354. The number of hydrogen-bond acceptors (Lipinski definition) is 6. The second-order valence-corrected chi connectivity index (χ2v) is 3.86. The third-order valence-electron chi connectivity index (χ3n) is 2.25. The Morgan fingerprint density at radius 3 is 2.94 bits per heavy atom. The van der Waals surface area contributed by atoms with Crippen LogP contribution in [-0.4, -0.2) is 26.1 Å². The van der Waals surface area contributed by atoms with Crippen molar-refractivity contribution in [3.63, 3.8) is 0 Å². The minimum Gasteiger partial charge on any atom is -0.495 e. The molecule has 0 spiro atoms. The maximum absolute atomic E-state index is 9.97. The Hall–Kier alpha value is -1.53. The van der Waals surface area contributed by atoms with Crippen molar-refractivity contribution in [2.45, 2.75) is 5.79 Å². The number of nitrogens with zero attached hydrogens (tertiary/aromatic N) is 1. The Morgan fingerprint density at radius 1 is 1.59 bits per heavy atom. The fourth-order valence-electron chi connectivity index (χ4n) is 1.23. The number of rotatable bonds is 6. The maximum atomic E-state index is 9.97. The van der Waals surface area contributed by atoms with Crippen LogP contribution in [-0.2, 0) is 9.57 Å². The fourth-order valence-corrected chi connectivity index (χ4v) is 1.43. The first-order valence-corrected chi connectivity index (χ1v) is 5.18. The Kier molecular flexibility index (Phi) is 3.35. The third kappa shape index (κ3) is 2.78. The summed E-state index contributed by atoms with van der Waals surface area (Å²) in [5.41, 5.74) is 0. The van der Waals surface area contributed by atoms with Gasteiger partial charge < -0.3 is 19.0 Å². The van der Waals surface area contributed by atoms with Crippen LogP contribution in [0.5, 0.6) is 11.5 Å². The average molecular weight is 260 g/mol. The zero-order chi connectivity index (χ0) is 12.3. The van der Waals surface area contributed by atoms with Crippen molar-refractivity contribution in [1.29, 1.82) is 0 Å². The summed E-state index contributed by atoms with van der Waals surface area (Å²) in [4.78, 5) is 14.5. The van der Waals surface area contributed by atoms with E-state index in [9.17, 15) is 4.91 Å². The minimum absolute atomic E-state index is 0.0729. The second-order valence-electron chi connectivity index (χ2n) is 3.45. The molecule has 0 aromatic heterocycles. The lowest BCUT2D eigenvalue weighted by Gasteiger charge is -2.11. The Labute approximate surface area is 102 Å². The Balaban J connectivity index is 1.97. The van der Waals surface area contributed by atoms with Gasteiger partial charge in [-0.25, -0.2) is 0 Å². The van der Waals surface area contributed by atoms with Crippen molar-refractivity contribution >= 4 is 11.6 Å². The molecular weight excluding hydrogens is 250 g/mol. The van der Waals surface area contributed by atoms with Gasteiger partial charge in [-0.1, -0.05) is 11.6 Å². The molecule has 0 saturated carbocycles. The summed E-state index contributed by atoms with van der Waals surface area (Å²) in [5.74, 6) is 0.00854. The van der Waals surface area contributed by atoms with Crippen molar-refractivity contribution in [1.82, 2.24) is 0 Å². The molecule has 1 aromatic rings. The van der Waals surface area contributed by atoms with Crippen LogP contribution in [0.15, 0.2) is 23.5 Å². The fraction of sp³-hybridized carbons (Fsp3) is 0.400. The molecular formula is C10H10ClNO5. The molecule has 17 heavy (non-hydrogen) atoms. The number of methoxy groups -OCH3 is 1. The van der Waals surface area contributed by atoms with Crippen molar-refractivity contribution in [3.8, 4) is 11.5 Å². The van der Waals surface area contributed by atoms with E-state index in [0.717, 1.165) is 0 Å². The van der Waals surface area contributed by atoms with E-state index in [0.29, 0.717) is 16.5 Å². The first-order chi connectivity index (χ1) is 8.19. The summed E-state index contributed by atoms with van der Waals surface area (Å²) in [5, 5.41) is 2.82. The topological polar surface area (TPSA) is 69.6 Å². The predicted molar refractivity (Wildman–Crippen MR) is 59.1 cm³/mol. The standard InChI is InChI=1S/C10H10ClNO5/c1-14-9-4-7(2-3-8(9)11)15-5-10(6-16-10)17-12-13/h2-4H,5-6H2,1H3/t10-/m1/s1. The summed E-state index contributed by atoms with van der Waals surface area (Å²) in [6, 6.07) is 4.96. The largest absolute Gasteiger partial charge is 0.495 e. The lowest BCUT2D eigenvalue weighted by Crippen LogP contribution is -2.23. The van der Waals surface area contributed by atoms with Crippen LogP contribution in [0.1, 0.15) is 0 Å². The summed E-state index contributed by atoms with van der Waals surface area (Å²) < 4.78 is 15.4. The average Bonchev–Trinajstić information content (AvgIpc) is 3.09. The lowest BCUT2D eigenvalue weighted by atomic mass is 10.3. The van der Waals surface area contributed by atoms with Crippen LogP contribution >= 0.6 is 11.6 Å². The highest BCUT2D eigenvalue weighted by molar-refractivity contribution is 6.32. The first kappa shape index (κ1) is 11.9. The van der Waals surface area contributed by atoms with Gasteiger partial charge in [-0.3, -0.25) is 0 Å². The molecule has 2 rings (SSSR count). The first-order valence-electron chi connectivity index (χ1n) is 4.80. The smallest absolute Gasteiger partial charge is 0.298 e. The molecule has 0 bridgehead atoms. The molecule has 1 aromatic carbocycles. The van der Waals surface area contributed by atoms with E-state index >= 15 is 0 Å². The second kappa shape index (κ2) is 4.77. The molecule has 0 amide bonds. The summed E-state index contributed by atoms with van der Waals surface area (Å²) in [7, 11) is 1.51. The molecule has 1 aliphatic heterocycles. The molecule has 1 fully saturated rings. The van der Waals surface area contributed by atoms with E-state index in [4.69, 9.17) is 25.8 Å².